The average Bonchev–Trinajstić information content (AvgIpc) is 2.65. The number of rotatable bonds is 5. The van der Waals surface area contributed by atoms with Gasteiger partial charge in [0.2, 0.25) is 0 Å². The van der Waals surface area contributed by atoms with Gasteiger partial charge in [0.1, 0.15) is 5.82 Å². The van der Waals surface area contributed by atoms with Crippen molar-refractivity contribution in [2.45, 2.75) is 33.9 Å². The summed E-state index contributed by atoms with van der Waals surface area (Å²) >= 11 is 0. The van der Waals surface area contributed by atoms with Gasteiger partial charge >= 0.3 is 0 Å². The Bertz CT molecular complexity index is 543. The largest absolute Gasteiger partial charge is 0.313 e. The van der Waals surface area contributed by atoms with Crippen LogP contribution in [0.1, 0.15) is 29.4 Å². The Labute approximate surface area is 113 Å². The van der Waals surface area contributed by atoms with E-state index >= 15 is 0 Å². The van der Waals surface area contributed by atoms with Crippen LogP contribution in [-0.4, -0.2) is 16.3 Å². The van der Waals surface area contributed by atoms with Crippen LogP contribution in [0.4, 0.5) is 4.39 Å². The fourth-order valence-corrected chi connectivity index (χ4v) is 2.16. The van der Waals surface area contributed by atoms with Gasteiger partial charge in [0.25, 0.3) is 0 Å². The first-order chi connectivity index (χ1) is 9.11. The van der Waals surface area contributed by atoms with Gasteiger partial charge in [0, 0.05) is 17.8 Å². The highest BCUT2D eigenvalue weighted by Crippen LogP contribution is 2.14. The monoisotopic (exact) mass is 261 g/mol. The summed E-state index contributed by atoms with van der Waals surface area (Å²) in [6.45, 7) is 8.67. The lowest BCUT2D eigenvalue weighted by atomic mass is 10.2. The van der Waals surface area contributed by atoms with Gasteiger partial charge in [0.15, 0.2) is 0 Å². The molecule has 4 heteroatoms. The molecule has 1 heterocycles. The molecule has 0 aliphatic rings. The highest BCUT2D eigenvalue weighted by atomic mass is 19.1. The predicted octanol–water partition coefficient (Wildman–Crippen LogP) is 2.80. The van der Waals surface area contributed by atoms with E-state index in [4.69, 9.17) is 0 Å². The zero-order valence-corrected chi connectivity index (χ0v) is 11.7. The van der Waals surface area contributed by atoms with Crippen LogP contribution in [-0.2, 0) is 13.1 Å². The lowest BCUT2D eigenvalue weighted by Crippen LogP contribution is -2.13. The summed E-state index contributed by atoms with van der Waals surface area (Å²) in [5.41, 5.74) is 4.54. The minimum atomic E-state index is -0.204. The summed E-state index contributed by atoms with van der Waals surface area (Å²) in [6.07, 6.45) is 0. The van der Waals surface area contributed by atoms with Crippen LogP contribution in [0.2, 0.25) is 0 Å². The van der Waals surface area contributed by atoms with Gasteiger partial charge in [-0.2, -0.15) is 5.10 Å². The topological polar surface area (TPSA) is 29.9 Å². The first kappa shape index (κ1) is 13.7. The number of nitrogens with one attached hydrogen (secondary N) is 1. The fraction of sp³-hybridized carbons (Fsp3) is 0.400. The SMILES string of the molecule is CCNCc1c(C)nn(Cc2ccc(F)cc2)c1C. The number of aryl methyl sites for hydroxylation is 1. The van der Waals surface area contributed by atoms with E-state index in [0.29, 0.717) is 6.54 Å². The molecule has 0 fully saturated rings. The molecule has 0 radical (unpaired) electrons. The Balaban J connectivity index is 2.19. The molecule has 0 aliphatic heterocycles. The van der Waals surface area contributed by atoms with E-state index < -0.39 is 0 Å². The molecule has 102 valence electrons. The smallest absolute Gasteiger partial charge is 0.123 e. The number of hydrogen-bond acceptors (Lipinski definition) is 2. The highest BCUT2D eigenvalue weighted by molar-refractivity contribution is 5.26. The van der Waals surface area contributed by atoms with E-state index in [9.17, 15) is 4.39 Å². The number of benzene rings is 1. The van der Waals surface area contributed by atoms with Crippen LogP contribution < -0.4 is 5.32 Å². The standard InChI is InChI=1S/C15H20FN3/c1-4-17-9-15-11(2)18-19(12(15)3)10-13-5-7-14(16)8-6-13/h5-8,17H,4,9-10H2,1-3H3. The molecule has 0 amide bonds. The van der Waals surface area contributed by atoms with Gasteiger partial charge < -0.3 is 5.32 Å². The van der Waals surface area contributed by atoms with E-state index in [0.717, 1.165) is 24.3 Å². The summed E-state index contributed by atoms with van der Waals surface area (Å²) in [4.78, 5) is 0. The van der Waals surface area contributed by atoms with E-state index in [-0.39, 0.29) is 5.82 Å². The van der Waals surface area contributed by atoms with Crippen LogP contribution in [0, 0.1) is 19.7 Å². The molecule has 0 unspecified atom stereocenters. The maximum absolute atomic E-state index is 12.9. The molecule has 0 saturated heterocycles. The van der Waals surface area contributed by atoms with E-state index in [1.165, 1.54) is 23.4 Å². The van der Waals surface area contributed by atoms with Gasteiger partial charge in [-0.25, -0.2) is 4.39 Å². The first-order valence-electron chi connectivity index (χ1n) is 6.60. The van der Waals surface area contributed by atoms with Crippen LogP contribution in [0.15, 0.2) is 24.3 Å². The fourth-order valence-electron chi connectivity index (χ4n) is 2.16. The van der Waals surface area contributed by atoms with E-state index in [1.54, 1.807) is 12.1 Å². The molecule has 0 saturated carbocycles. The Morgan fingerprint density at radius 2 is 1.89 bits per heavy atom. The summed E-state index contributed by atoms with van der Waals surface area (Å²) < 4.78 is 14.9. The lowest BCUT2D eigenvalue weighted by Gasteiger charge is -2.06. The first-order valence-corrected chi connectivity index (χ1v) is 6.60. The molecule has 1 aromatic carbocycles. The average molecular weight is 261 g/mol. The van der Waals surface area contributed by atoms with Crippen molar-refractivity contribution < 1.29 is 4.39 Å². The number of nitrogens with zero attached hydrogens (tertiary/aromatic N) is 2. The van der Waals surface area contributed by atoms with Gasteiger partial charge in [-0.05, 0) is 38.1 Å². The van der Waals surface area contributed by atoms with Crippen LogP contribution in [0.5, 0.6) is 0 Å². The van der Waals surface area contributed by atoms with Crippen molar-refractivity contribution in [2.24, 2.45) is 0 Å². The Kier molecular flexibility index (Phi) is 4.32. The molecular weight excluding hydrogens is 241 g/mol. The molecule has 2 aromatic rings. The molecule has 2 rings (SSSR count). The molecule has 0 bridgehead atoms. The van der Waals surface area contributed by atoms with Crippen LogP contribution in [0.25, 0.3) is 0 Å². The molecule has 0 aliphatic carbocycles. The van der Waals surface area contributed by atoms with Gasteiger partial charge in [-0.3, -0.25) is 4.68 Å². The predicted molar refractivity (Wildman–Crippen MR) is 74.6 cm³/mol. The Morgan fingerprint density at radius 1 is 1.21 bits per heavy atom. The number of halogens is 1. The van der Waals surface area contributed by atoms with E-state index in [2.05, 4.69) is 24.3 Å². The van der Waals surface area contributed by atoms with Crippen molar-refractivity contribution in [3.63, 3.8) is 0 Å². The minimum Gasteiger partial charge on any atom is -0.313 e. The zero-order valence-electron chi connectivity index (χ0n) is 11.7. The summed E-state index contributed by atoms with van der Waals surface area (Å²) in [5.74, 6) is -0.204. The van der Waals surface area contributed by atoms with Crippen molar-refractivity contribution in [2.75, 3.05) is 6.54 Å². The molecule has 0 atom stereocenters. The Hall–Kier alpha value is -1.68. The van der Waals surface area contributed by atoms with Crippen LogP contribution >= 0.6 is 0 Å². The lowest BCUT2D eigenvalue weighted by molar-refractivity contribution is 0.622. The maximum Gasteiger partial charge on any atom is 0.123 e. The summed E-state index contributed by atoms with van der Waals surface area (Å²) in [6, 6.07) is 6.58. The second kappa shape index (κ2) is 5.97. The third-order valence-corrected chi connectivity index (χ3v) is 3.33. The maximum atomic E-state index is 12.9. The molecule has 3 nitrogen and oxygen atoms in total. The molecule has 0 spiro atoms. The zero-order chi connectivity index (χ0) is 13.8. The minimum absolute atomic E-state index is 0.204. The summed E-state index contributed by atoms with van der Waals surface area (Å²) in [7, 11) is 0. The van der Waals surface area contributed by atoms with E-state index in [1.807, 2.05) is 11.6 Å². The Morgan fingerprint density at radius 3 is 2.53 bits per heavy atom. The van der Waals surface area contributed by atoms with Crippen molar-refractivity contribution in [1.29, 1.82) is 0 Å². The van der Waals surface area contributed by atoms with Gasteiger partial charge in [-0.15, -0.1) is 0 Å². The molecule has 1 N–H and O–H groups in total. The van der Waals surface area contributed by atoms with Crippen molar-refractivity contribution in [3.05, 3.63) is 52.6 Å². The van der Waals surface area contributed by atoms with Gasteiger partial charge in [0.05, 0.1) is 12.2 Å². The van der Waals surface area contributed by atoms with Crippen molar-refractivity contribution in [1.82, 2.24) is 15.1 Å². The third kappa shape index (κ3) is 3.20. The second-order valence-electron chi connectivity index (χ2n) is 4.71. The van der Waals surface area contributed by atoms with Crippen LogP contribution in [0.3, 0.4) is 0 Å². The molecule has 19 heavy (non-hydrogen) atoms. The second-order valence-corrected chi connectivity index (χ2v) is 4.71. The number of hydrogen-bond donors (Lipinski definition) is 1. The summed E-state index contributed by atoms with van der Waals surface area (Å²) in [5, 5.41) is 7.89. The third-order valence-electron chi connectivity index (χ3n) is 3.33. The van der Waals surface area contributed by atoms with Gasteiger partial charge in [-0.1, -0.05) is 19.1 Å². The quantitative estimate of drug-likeness (QED) is 0.897. The van der Waals surface area contributed by atoms with Crippen molar-refractivity contribution in [3.8, 4) is 0 Å². The molecule has 1 aromatic heterocycles. The normalized spacial score (nSPS) is 10.9. The number of aromatic nitrogens is 2. The molecular formula is C15H20FN3. The highest BCUT2D eigenvalue weighted by Gasteiger charge is 2.11. The van der Waals surface area contributed by atoms with Crippen molar-refractivity contribution >= 4 is 0 Å².